The van der Waals surface area contributed by atoms with Crippen LogP contribution in [0.2, 0.25) is 0 Å². The lowest BCUT2D eigenvalue weighted by molar-refractivity contribution is 0.991. The third-order valence-electron chi connectivity index (χ3n) is 4.67. The molecule has 0 aromatic heterocycles. The second kappa shape index (κ2) is 4.17. The molecule has 0 spiro atoms. The van der Waals surface area contributed by atoms with Crippen LogP contribution in [0.15, 0.2) is 59.6 Å². The minimum Gasteiger partial charge on any atom is -0.247 e. The van der Waals surface area contributed by atoms with E-state index in [4.69, 9.17) is 4.99 Å². The lowest BCUT2D eigenvalue weighted by Gasteiger charge is -2.13. The standard InChI is InChI=1S/C21H15N/c1-13-10-11-15-14-6-2-3-7-16(14)20-17-8-4-5-9-19(17)22-21(20)18(15)12-13/h2-13H,1H3. The van der Waals surface area contributed by atoms with Gasteiger partial charge in [0.05, 0.1) is 11.0 Å². The summed E-state index contributed by atoms with van der Waals surface area (Å²) in [5.74, 6) is 0.455. The van der Waals surface area contributed by atoms with Crippen molar-refractivity contribution >= 4 is 28.6 Å². The van der Waals surface area contributed by atoms with Crippen molar-refractivity contribution in [1.29, 1.82) is 0 Å². The first-order valence-corrected chi connectivity index (χ1v) is 7.76. The number of para-hydroxylation sites is 1. The van der Waals surface area contributed by atoms with Gasteiger partial charge in [0.25, 0.3) is 0 Å². The average molecular weight is 281 g/mol. The predicted octanol–water partition coefficient (Wildman–Crippen LogP) is 4.21. The number of allylic oxidation sites excluding steroid dienone is 1. The van der Waals surface area contributed by atoms with E-state index in [9.17, 15) is 0 Å². The van der Waals surface area contributed by atoms with Crippen LogP contribution >= 0.6 is 0 Å². The normalized spacial score (nSPS) is 17.4. The zero-order chi connectivity index (χ0) is 14.7. The highest BCUT2D eigenvalue weighted by Gasteiger charge is 2.20. The van der Waals surface area contributed by atoms with E-state index in [2.05, 4.69) is 73.7 Å². The van der Waals surface area contributed by atoms with E-state index in [-0.39, 0.29) is 0 Å². The Bertz CT molecular complexity index is 1090. The average Bonchev–Trinajstić information content (AvgIpc) is 2.95. The molecule has 2 aliphatic rings. The molecule has 1 heteroatoms. The van der Waals surface area contributed by atoms with Crippen molar-refractivity contribution in [3.05, 3.63) is 70.7 Å². The molecular formula is C21H15N. The quantitative estimate of drug-likeness (QED) is 0.458. The Balaban J connectivity index is 2.09. The fourth-order valence-corrected chi connectivity index (χ4v) is 3.68. The largest absolute Gasteiger partial charge is 0.247 e. The summed E-state index contributed by atoms with van der Waals surface area (Å²) in [6.07, 6.45) is 6.88. The monoisotopic (exact) mass is 281 g/mol. The molecule has 5 rings (SSSR count). The van der Waals surface area contributed by atoms with Crippen LogP contribution in [0.4, 0.5) is 5.69 Å². The maximum Gasteiger partial charge on any atom is 0.0798 e. The molecule has 1 aliphatic heterocycles. The number of nitrogens with zero attached hydrogens (tertiary/aromatic N) is 1. The fraction of sp³-hybridized carbons (Fsp3) is 0.0952. The fourth-order valence-electron chi connectivity index (χ4n) is 3.68. The number of rotatable bonds is 0. The van der Waals surface area contributed by atoms with Gasteiger partial charge < -0.3 is 0 Å². The summed E-state index contributed by atoms with van der Waals surface area (Å²) in [4.78, 5) is 4.95. The summed E-state index contributed by atoms with van der Waals surface area (Å²) in [5.41, 5.74) is 4.95. The Labute approximate surface area is 128 Å². The summed E-state index contributed by atoms with van der Waals surface area (Å²) in [6, 6.07) is 17.2. The van der Waals surface area contributed by atoms with Gasteiger partial charge in [-0.1, -0.05) is 67.6 Å². The van der Waals surface area contributed by atoms with Gasteiger partial charge in [0.2, 0.25) is 0 Å². The minimum absolute atomic E-state index is 0.455. The lowest BCUT2D eigenvalue weighted by Crippen LogP contribution is -2.30. The van der Waals surface area contributed by atoms with Crippen LogP contribution in [-0.4, -0.2) is 0 Å². The molecule has 1 unspecified atom stereocenters. The van der Waals surface area contributed by atoms with Gasteiger partial charge >= 0.3 is 0 Å². The number of benzene rings is 3. The van der Waals surface area contributed by atoms with E-state index in [1.807, 2.05) is 0 Å². The highest BCUT2D eigenvalue weighted by Crippen LogP contribution is 2.37. The molecule has 0 saturated heterocycles. The third kappa shape index (κ3) is 1.46. The topological polar surface area (TPSA) is 12.4 Å². The molecule has 0 saturated carbocycles. The van der Waals surface area contributed by atoms with Gasteiger partial charge in [0.15, 0.2) is 0 Å². The van der Waals surface area contributed by atoms with Crippen molar-refractivity contribution in [1.82, 2.24) is 0 Å². The summed E-state index contributed by atoms with van der Waals surface area (Å²) in [5, 5.41) is 5.06. The van der Waals surface area contributed by atoms with E-state index < -0.39 is 0 Å². The molecule has 22 heavy (non-hydrogen) atoms. The van der Waals surface area contributed by atoms with Gasteiger partial charge in [-0.2, -0.15) is 0 Å². The SMILES string of the molecule is CC1C=Cc2c(c3c(c4ccccc24)-c2ccccc2N=3)=C1. The second-order valence-electron chi connectivity index (χ2n) is 6.11. The Hall–Kier alpha value is -2.67. The summed E-state index contributed by atoms with van der Waals surface area (Å²) in [7, 11) is 0. The number of hydrogen-bond donors (Lipinski definition) is 0. The van der Waals surface area contributed by atoms with Gasteiger partial charge in [-0.15, -0.1) is 0 Å². The maximum absolute atomic E-state index is 4.95. The van der Waals surface area contributed by atoms with Gasteiger partial charge in [0, 0.05) is 16.3 Å². The van der Waals surface area contributed by atoms with Gasteiger partial charge in [-0.3, -0.25) is 0 Å². The first-order chi connectivity index (χ1) is 10.8. The molecule has 0 N–H and O–H groups in total. The molecule has 0 radical (unpaired) electrons. The Kier molecular flexibility index (Phi) is 2.26. The van der Waals surface area contributed by atoms with Gasteiger partial charge in [0.1, 0.15) is 0 Å². The number of hydrogen-bond acceptors (Lipinski definition) is 1. The van der Waals surface area contributed by atoms with E-state index in [1.54, 1.807) is 0 Å². The van der Waals surface area contributed by atoms with Crippen molar-refractivity contribution in [3.8, 4) is 11.1 Å². The van der Waals surface area contributed by atoms with Crippen molar-refractivity contribution in [3.63, 3.8) is 0 Å². The maximum atomic E-state index is 4.95. The Morgan fingerprint density at radius 2 is 1.68 bits per heavy atom. The molecule has 0 fully saturated rings. The van der Waals surface area contributed by atoms with Gasteiger partial charge in [-0.05, 0) is 28.3 Å². The lowest BCUT2D eigenvalue weighted by atomic mass is 9.89. The van der Waals surface area contributed by atoms with Crippen molar-refractivity contribution < 1.29 is 0 Å². The van der Waals surface area contributed by atoms with Crippen LogP contribution in [0, 0.1) is 5.92 Å². The molecule has 104 valence electrons. The van der Waals surface area contributed by atoms with Crippen LogP contribution in [-0.2, 0) is 0 Å². The molecule has 0 amide bonds. The molecule has 1 heterocycles. The minimum atomic E-state index is 0.455. The van der Waals surface area contributed by atoms with Crippen molar-refractivity contribution in [2.45, 2.75) is 6.92 Å². The Morgan fingerprint density at radius 3 is 2.59 bits per heavy atom. The van der Waals surface area contributed by atoms with Crippen molar-refractivity contribution in [2.75, 3.05) is 0 Å². The first kappa shape index (κ1) is 11.9. The Morgan fingerprint density at radius 1 is 0.909 bits per heavy atom. The van der Waals surface area contributed by atoms with Crippen LogP contribution < -0.4 is 10.6 Å². The second-order valence-corrected chi connectivity index (χ2v) is 6.11. The number of fused-ring (bicyclic) bond motifs is 8. The van der Waals surface area contributed by atoms with E-state index in [1.165, 1.54) is 32.7 Å². The van der Waals surface area contributed by atoms with Crippen molar-refractivity contribution in [2.24, 2.45) is 10.9 Å². The van der Waals surface area contributed by atoms with Crippen LogP contribution in [0.3, 0.4) is 0 Å². The summed E-state index contributed by atoms with van der Waals surface area (Å²) >= 11 is 0. The van der Waals surface area contributed by atoms with Crippen LogP contribution in [0.25, 0.3) is 34.1 Å². The van der Waals surface area contributed by atoms with E-state index in [0.29, 0.717) is 5.92 Å². The van der Waals surface area contributed by atoms with Gasteiger partial charge in [-0.25, -0.2) is 4.99 Å². The smallest absolute Gasteiger partial charge is 0.0798 e. The molecule has 1 aliphatic carbocycles. The van der Waals surface area contributed by atoms with E-state index in [0.717, 1.165) is 11.0 Å². The zero-order valence-corrected chi connectivity index (χ0v) is 12.4. The third-order valence-corrected chi connectivity index (χ3v) is 4.67. The molecule has 0 bridgehead atoms. The molecule has 3 aromatic carbocycles. The zero-order valence-electron chi connectivity index (χ0n) is 12.4. The molecule has 1 nitrogen and oxygen atoms in total. The highest BCUT2D eigenvalue weighted by atomic mass is 14.8. The predicted molar refractivity (Wildman–Crippen MR) is 92.5 cm³/mol. The molecule has 3 aromatic rings. The first-order valence-electron chi connectivity index (χ1n) is 7.76. The summed E-state index contributed by atoms with van der Waals surface area (Å²) in [6.45, 7) is 2.23. The summed E-state index contributed by atoms with van der Waals surface area (Å²) < 4.78 is 0. The molecular weight excluding hydrogens is 266 g/mol. The van der Waals surface area contributed by atoms with E-state index >= 15 is 0 Å². The van der Waals surface area contributed by atoms with Crippen LogP contribution in [0.5, 0.6) is 0 Å². The molecule has 1 atom stereocenters. The van der Waals surface area contributed by atoms with Crippen LogP contribution in [0.1, 0.15) is 12.5 Å². The highest BCUT2D eigenvalue weighted by molar-refractivity contribution is 6.04.